The molecule has 0 bridgehead atoms. The molecule has 0 saturated carbocycles. The van der Waals surface area contributed by atoms with Gasteiger partial charge in [0, 0.05) is 10.4 Å². The standard InChI is InChI=1S/C13H13BrClNO2S/c1-17-7-3-4-10(18-2)8(5-7)12(16)11-6-9(15)13(14)19-11/h3-6,12H,16H2,1-2H3. The maximum atomic E-state index is 6.29. The Balaban J connectivity index is 2.44. The zero-order valence-electron chi connectivity index (χ0n) is 10.4. The fourth-order valence-corrected chi connectivity index (χ4v) is 3.52. The van der Waals surface area contributed by atoms with Crippen LogP contribution in [0.25, 0.3) is 0 Å². The van der Waals surface area contributed by atoms with Gasteiger partial charge < -0.3 is 15.2 Å². The van der Waals surface area contributed by atoms with Gasteiger partial charge >= 0.3 is 0 Å². The highest BCUT2D eigenvalue weighted by molar-refractivity contribution is 9.11. The van der Waals surface area contributed by atoms with Crippen molar-refractivity contribution in [1.29, 1.82) is 0 Å². The summed E-state index contributed by atoms with van der Waals surface area (Å²) >= 11 is 11.0. The summed E-state index contributed by atoms with van der Waals surface area (Å²) in [6.07, 6.45) is 0. The number of thiophene rings is 1. The predicted octanol–water partition coefficient (Wildman–Crippen LogP) is 4.23. The lowest BCUT2D eigenvalue weighted by Crippen LogP contribution is -2.11. The fraction of sp³-hybridized carbons (Fsp3) is 0.231. The van der Waals surface area contributed by atoms with Crippen LogP contribution in [0.4, 0.5) is 0 Å². The highest BCUT2D eigenvalue weighted by Crippen LogP contribution is 2.39. The highest BCUT2D eigenvalue weighted by Gasteiger charge is 2.18. The molecule has 0 aliphatic heterocycles. The van der Waals surface area contributed by atoms with Crippen LogP contribution >= 0.6 is 38.9 Å². The summed E-state index contributed by atoms with van der Waals surface area (Å²) < 4.78 is 11.5. The Hall–Kier alpha value is -0.750. The van der Waals surface area contributed by atoms with E-state index in [0.29, 0.717) is 5.02 Å². The molecule has 102 valence electrons. The number of methoxy groups -OCH3 is 2. The minimum Gasteiger partial charge on any atom is -0.497 e. The molecular weight excluding hydrogens is 350 g/mol. The van der Waals surface area contributed by atoms with Gasteiger partial charge in [-0.25, -0.2) is 0 Å². The van der Waals surface area contributed by atoms with E-state index in [9.17, 15) is 0 Å². The van der Waals surface area contributed by atoms with E-state index in [1.807, 2.05) is 24.3 Å². The van der Waals surface area contributed by atoms with Crippen molar-refractivity contribution in [2.24, 2.45) is 5.73 Å². The summed E-state index contributed by atoms with van der Waals surface area (Å²) in [5.74, 6) is 1.47. The van der Waals surface area contributed by atoms with E-state index >= 15 is 0 Å². The third kappa shape index (κ3) is 3.05. The van der Waals surface area contributed by atoms with Gasteiger partial charge in [0.15, 0.2) is 0 Å². The van der Waals surface area contributed by atoms with Crippen LogP contribution in [0.2, 0.25) is 5.02 Å². The molecule has 6 heteroatoms. The van der Waals surface area contributed by atoms with Crippen LogP contribution in [0.3, 0.4) is 0 Å². The summed E-state index contributed by atoms with van der Waals surface area (Å²) in [7, 11) is 3.24. The molecule has 0 aliphatic carbocycles. The average molecular weight is 363 g/mol. The highest BCUT2D eigenvalue weighted by atomic mass is 79.9. The molecule has 1 aromatic carbocycles. The SMILES string of the molecule is COc1ccc(OC)c(C(N)c2cc(Cl)c(Br)s2)c1. The first-order valence-electron chi connectivity index (χ1n) is 5.49. The van der Waals surface area contributed by atoms with Gasteiger partial charge in [-0.05, 0) is 40.2 Å². The second kappa shape index (κ2) is 6.13. The van der Waals surface area contributed by atoms with Crippen molar-refractivity contribution >= 4 is 38.9 Å². The van der Waals surface area contributed by atoms with E-state index in [2.05, 4.69) is 15.9 Å². The molecule has 1 heterocycles. The minimum absolute atomic E-state index is 0.307. The monoisotopic (exact) mass is 361 g/mol. The molecule has 1 atom stereocenters. The van der Waals surface area contributed by atoms with Crippen LogP contribution in [-0.2, 0) is 0 Å². The zero-order valence-corrected chi connectivity index (χ0v) is 13.6. The third-order valence-corrected chi connectivity index (χ3v) is 5.30. The number of benzene rings is 1. The molecular formula is C13H13BrClNO2S. The summed E-state index contributed by atoms with van der Waals surface area (Å²) in [4.78, 5) is 0.962. The molecule has 0 radical (unpaired) electrons. The summed E-state index contributed by atoms with van der Waals surface area (Å²) in [5, 5.41) is 0.664. The van der Waals surface area contributed by atoms with Crippen molar-refractivity contribution in [2.75, 3.05) is 14.2 Å². The molecule has 0 spiro atoms. The van der Waals surface area contributed by atoms with E-state index in [0.717, 1.165) is 25.7 Å². The second-order valence-corrected chi connectivity index (χ2v) is 6.66. The van der Waals surface area contributed by atoms with Crippen LogP contribution < -0.4 is 15.2 Å². The molecule has 0 amide bonds. The Morgan fingerprint density at radius 3 is 2.53 bits per heavy atom. The van der Waals surface area contributed by atoms with Crippen LogP contribution in [0.1, 0.15) is 16.5 Å². The zero-order chi connectivity index (χ0) is 14.0. The minimum atomic E-state index is -0.307. The van der Waals surface area contributed by atoms with Crippen LogP contribution in [-0.4, -0.2) is 14.2 Å². The number of rotatable bonds is 4. The molecule has 2 rings (SSSR count). The van der Waals surface area contributed by atoms with Crippen molar-refractivity contribution in [3.05, 3.63) is 43.5 Å². The second-order valence-electron chi connectivity index (χ2n) is 3.86. The molecule has 0 fully saturated rings. The summed E-state index contributed by atoms with van der Waals surface area (Å²) in [6.45, 7) is 0. The lowest BCUT2D eigenvalue weighted by atomic mass is 10.0. The van der Waals surface area contributed by atoms with E-state index in [4.69, 9.17) is 26.8 Å². The summed E-state index contributed by atoms with van der Waals surface area (Å²) in [6, 6.07) is 7.12. The van der Waals surface area contributed by atoms with Gasteiger partial charge in [-0.15, -0.1) is 11.3 Å². The van der Waals surface area contributed by atoms with Gasteiger partial charge in [0.2, 0.25) is 0 Å². The van der Waals surface area contributed by atoms with Crippen molar-refractivity contribution < 1.29 is 9.47 Å². The molecule has 1 aromatic heterocycles. The van der Waals surface area contributed by atoms with Crippen LogP contribution in [0.5, 0.6) is 11.5 Å². The smallest absolute Gasteiger partial charge is 0.124 e. The van der Waals surface area contributed by atoms with Gasteiger partial charge in [0.25, 0.3) is 0 Å². The van der Waals surface area contributed by atoms with Crippen molar-refractivity contribution in [2.45, 2.75) is 6.04 Å². The fourth-order valence-electron chi connectivity index (χ4n) is 1.75. The third-order valence-electron chi connectivity index (χ3n) is 2.74. The van der Waals surface area contributed by atoms with Gasteiger partial charge in [-0.1, -0.05) is 11.6 Å². The van der Waals surface area contributed by atoms with E-state index in [-0.39, 0.29) is 6.04 Å². The Morgan fingerprint density at radius 2 is 2.00 bits per heavy atom. The topological polar surface area (TPSA) is 44.5 Å². The van der Waals surface area contributed by atoms with Gasteiger partial charge in [-0.3, -0.25) is 0 Å². The number of hydrogen-bond donors (Lipinski definition) is 1. The normalized spacial score (nSPS) is 12.3. The van der Waals surface area contributed by atoms with Gasteiger partial charge in [0.05, 0.1) is 29.1 Å². The first-order valence-corrected chi connectivity index (χ1v) is 7.47. The molecule has 1 unspecified atom stereocenters. The van der Waals surface area contributed by atoms with E-state index < -0.39 is 0 Å². The van der Waals surface area contributed by atoms with Crippen LogP contribution in [0.15, 0.2) is 28.1 Å². The predicted molar refractivity (Wildman–Crippen MR) is 82.6 cm³/mol. The molecule has 3 nitrogen and oxygen atoms in total. The van der Waals surface area contributed by atoms with Gasteiger partial charge in [-0.2, -0.15) is 0 Å². The maximum Gasteiger partial charge on any atom is 0.124 e. The molecule has 2 aromatic rings. The number of halogens is 2. The Kier molecular flexibility index (Phi) is 4.73. The van der Waals surface area contributed by atoms with Crippen molar-refractivity contribution in [3.8, 4) is 11.5 Å². The number of nitrogens with two attached hydrogens (primary N) is 1. The lowest BCUT2D eigenvalue weighted by molar-refractivity contribution is 0.397. The van der Waals surface area contributed by atoms with Crippen LogP contribution in [0, 0.1) is 0 Å². The van der Waals surface area contributed by atoms with E-state index in [1.165, 1.54) is 11.3 Å². The maximum absolute atomic E-state index is 6.29. The lowest BCUT2D eigenvalue weighted by Gasteiger charge is -2.15. The Morgan fingerprint density at radius 1 is 1.26 bits per heavy atom. The Labute approximate surface area is 129 Å². The Bertz CT molecular complexity index is 569. The first-order chi connectivity index (χ1) is 9.06. The summed E-state index contributed by atoms with van der Waals surface area (Å²) in [5.41, 5.74) is 7.16. The molecule has 19 heavy (non-hydrogen) atoms. The first kappa shape index (κ1) is 14.7. The largest absolute Gasteiger partial charge is 0.497 e. The average Bonchev–Trinajstić information content (AvgIpc) is 2.77. The molecule has 0 saturated heterocycles. The number of hydrogen-bond acceptors (Lipinski definition) is 4. The van der Waals surface area contributed by atoms with Crippen molar-refractivity contribution in [3.63, 3.8) is 0 Å². The van der Waals surface area contributed by atoms with Gasteiger partial charge in [0.1, 0.15) is 11.5 Å². The quantitative estimate of drug-likeness (QED) is 0.885. The molecule has 2 N–H and O–H groups in total. The number of ether oxygens (including phenoxy) is 2. The van der Waals surface area contributed by atoms with Crippen molar-refractivity contribution in [1.82, 2.24) is 0 Å². The van der Waals surface area contributed by atoms with E-state index in [1.54, 1.807) is 14.2 Å². The molecule has 0 aliphatic rings.